The lowest BCUT2D eigenvalue weighted by atomic mass is 10.1. The Morgan fingerprint density at radius 2 is 1.69 bits per heavy atom. The Bertz CT molecular complexity index is 1010. The highest BCUT2D eigenvalue weighted by atomic mass is 35.5. The van der Waals surface area contributed by atoms with Crippen LogP contribution in [0.5, 0.6) is 0 Å². The molecule has 29 heavy (non-hydrogen) atoms. The molecule has 0 unspecified atom stereocenters. The Labute approximate surface area is 175 Å². The van der Waals surface area contributed by atoms with Crippen LogP contribution in [0.2, 0.25) is 5.02 Å². The maximum atomic E-state index is 13.3. The molecule has 2 N–H and O–H groups in total. The Hall–Kier alpha value is -3.05. The van der Waals surface area contributed by atoms with Gasteiger partial charge in [-0.05, 0) is 53.6 Å². The molecule has 0 bridgehead atoms. The van der Waals surface area contributed by atoms with E-state index in [2.05, 4.69) is 0 Å². The summed E-state index contributed by atoms with van der Waals surface area (Å²) in [4.78, 5) is 17.0. The average molecular weight is 412 g/mol. The van der Waals surface area contributed by atoms with Crippen LogP contribution in [0.4, 0.5) is 15.8 Å². The average Bonchev–Trinajstić information content (AvgIpc) is 2.69. The number of carbonyl (C=O) groups excluding carboxylic acids is 1. The third-order valence-electron chi connectivity index (χ3n) is 4.62. The van der Waals surface area contributed by atoms with Crippen molar-refractivity contribution in [2.45, 2.75) is 13.1 Å². The van der Waals surface area contributed by atoms with E-state index in [4.69, 9.17) is 17.3 Å². The van der Waals surface area contributed by atoms with E-state index in [0.717, 1.165) is 16.8 Å². The maximum absolute atomic E-state index is 13.3. The van der Waals surface area contributed by atoms with Gasteiger partial charge in [-0.15, -0.1) is 0 Å². The monoisotopic (exact) mass is 411 g/mol. The number of nitrogens with two attached hydrogens (primary N) is 1. The summed E-state index contributed by atoms with van der Waals surface area (Å²) in [6.07, 6.45) is 0. The van der Waals surface area contributed by atoms with E-state index in [1.807, 2.05) is 37.2 Å². The molecule has 3 aromatic rings. The van der Waals surface area contributed by atoms with Crippen LogP contribution in [0.1, 0.15) is 21.5 Å². The predicted octanol–water partition coefficient (Wildman–Crippen LogP) is 4.97. The van der Waals surface area contributed by atoms with E-state index in [-0.39, 0.29) is 11.7 Å². The first kappa shape index (κ1) is 20.7. The van der Waals surface area contributed by atoms with Crippen molar-refractivity contribution >= 4 is 28.9 Å². The fourth-order valence-electron chi connectivity index (χ4n) is 3.19. The lowest BCUT2D eigenvalue weighted by Crippen LogP contribution is -2.31. The summed E-state index contributed by atoms with van der Waals surface area (Å²) in [5.41, 5.74) is 9.75. The van der Waals surface area contributed by atoms with Crippen LogP contribution >= 0.6 is 11.6 Å². The number of rotatable bonds is 6. The molecule has 150 valence electrons. The molecule has 0 fully saturated rings. The quantitative estimate of drug-likeness (QED) is 0.582. The van der Waals surface area contributed by atoms with Crippen LogP contribution in [-0.2, 0) is 13.1 Å². The summed E-state index contributed by atoms with van der Waals surface area (Å²) in [5.74, 6) is -0.518. The van der Waals surface area contributed by atoms with Crippen LogP contribution in [0.25, 0.3) is 0 Å². The molecule has 0 aromatic heterocycles. The molecular weight excluding hydrogens is 389 g/mol. The molecule has 0 spiro atoms. The summed E-state index contributed by atoms with van der Waals surface area (Å²) >= 11 is 6.27. The Balaban J connectivity index is 1.99. The first-order chi connectivity index (χ1) is 13.8. The number of carbonyl (C=O) groups is 1. The molecule has 1 amide bonds. The van der Waals surface area contributed by atoms with Crippen molar-refractivity contribution in [3.8, 4) is 0 Å². The minimum atomic E-state index is -0.316. The van der Waals surface area contributed by atoms with Gasteiger partial charge in [0.1, 0.15) is 5.82 Å². The zero-order valence-corrected chi connectivity index (χ0v) is 17.2. The number of nitrogen functional groups attached to an aromatic ring is 1. The molecule has 0 saturated carbocycles. The molecule has 3 rings (SSSR count). The predicted molar refractivity (Wildman–Crippen MR) is 117 cm³/mol. The molecule has 0 aliphatic heterocycles. The summed E-state index contributed by atoms with van der Waals surface area (Å²) in [7, 11) is 3.88. The van der Waals surface area contributed by atoms with E-state index < -0.39 is 0 Å². The second-order valence-corrected chi connectivity index (χ2v) is 7.46. The molecule has 6 heteroatoms. The van der Waals surface area contributed by atoms with E-state index >= 15 is 0 Å². The van der Waals surface area contributed by atoms with E-state index in [1.165, 1.54) is 12.1 Å². The SMILES string of the molecule is CN(C)c1ccc(N)cc1CN(Cc1ccc(F)cc1)C(=O)c1ccccc1Cl. The van der Waals surface area contributed by atoms with Gasteiger partial charge in [-0.2, -0.15) is 0 Å². The number of hydrogen-bond acceptors (Lipinski definition) is 3. The summed E-state index contributed by atoms with van der Waals surface area (Å²) in [6, 6.07) is 18.7. The molecule has 0 aliphatic rings. The van der Waals surface area contributed by atoms with Gasteiger partial charge in [0.25, 0.3) is 5.91 Å². The van der Waals surface area contributed by atoms with Crippen LogP contribution in [0, 0.1) is 5.82 Å². The van der Waals surface area contributed by atoms with Crippen molar-refractivity contribution in [3.05, 3.63) is 94.3 Å². The van der Waals surface area contributed by atoms with Gasteiger partial charge in [-0.3, -0.25) is 4.79 Å². The van der Waals surface area contributed by atoms with Gasteiger partial charge in [-0.1, -0.05) is 35.9 Å². The minimum Gasteiger partial charge on any atom is -0.399 e. The minimum absolute atomic E-state index is 0.202. The van der Waals surface area contributed by atoms with Crippen molar-refractivity contribution in [1.29, 1.82) is 0 Å². The Kier molecular flexibility index (Phi) is 6.39. The van der Waals surface area contributed by atoms with Crippen molar-refractivity contribution in [1.82, 2.24) is 4.90 Å². The molecule has 3 aromatic carbocycles. The zero-order valence-electron chi connectivity index (χ0n) is 16.4. The standard InChI is InChI=1S/C23H23ClFN3O/c1-27(2)22-12-11-19(26)13-17(22)15-28(14-16-7-9-18(25)10-8-16)23(29)20-5-3-4-6-21(20)24/h3-13H,14-15,26H2,1-2H3. The van der Waals surface area contributed by atoms with E-state index in [1.54, 1.807) is 41.3 Å². The number of amides is 1. The van der Waals surface area contributed by atoms with E-state index in [0.29, 0.717) is 29.4 Å². The molecule has 4 nitrogen and oxygen atoms in total. The van der Waals surface area contributed by atoms with Crippen LogP contribution in [-0.4, -0.2) is 24.9 Å². The Morgan fingerprint density at radius 1 is 1.00 bits per heavy atom. The zero-order chi connectivity index (χ0) is 21.0. The lowest BCUT2D eigenvalue weighted by molar-refractivity contribution is 0.0730. The normalized spacial score (nSPS) is 10.6. The fourth-order valence-corrected chi connectivity index (χ4v) is 3.41. The molecule has 0 radical (unpaired) electrons. The van der Waals surface area contributed by atoms with Crippen LogP contribution < -0.4 is 10.6 Å². The van der Waals surface area contributed by atoms with E-state index in [9.17, 15) is 9.18 Å². The van der Waals surface area contributed by atoms with Gasteiger partial charge in [0.15, 0.2) is 0 Å². The number of halogens is 2. The molecule has 0 atom stereocenters. The summed E-state index contributed by atoms with van der Waals surface area (Å²) in [6.45, 7) is 0.645. The van der Waals surface area contributed by atoms with Gasteiger partial charge in [0, 0.05) is 38.6 Å². The first-order valence-electron chi connectivity index (χ1n) is 9.19. The number of nitrogens with zero attached hydrogens (tertiary/aromatic N) is 2. The smallest absolute Gasteiger partial charge is 0.255 e. The van der Waals surface area contributed by atoms with Crippen LogP contribution in [0.3, 0.4) is 0 Å². The van der Waals surface area contributed by atoms with Crippen molar-refractivity contribution in [3.63, 3.8) is 0 Å². The van der Waals surface area contributed by atoms with Crippen molar-refractivity contribution in [2.24, 2.45) is 0 Å². The second-order valence-electron chi connectivity index (χ2n) is 7.05. The molecular formula is C23H23ClFN3O. The molecule has 0 aliphatic carbocycles. The first-order valence-corrected chi connectivity index (χ1v) is 9.57. The van der Waals surface area contributed by atoms with Crippen LogP contribution in [0.15, 0.2) is 66.7 Å². The highest BCUT2D eigenvalue weighted by Crippen LogP contribution is 2.26. The topological polar surface area (TPSA) is 49.6 Å². The molecule has 0 heterocycles. The van der Waals surface area contributed by atoms with Gasteiger partial charge in [0.05, 0.1) is 10.6 Å². The van der Waals surface area contributed by atoms with Gasteiger partial charge in [0.2, 0.25) is 0 Å². The summed E-state index contributed by atoms with van der Waals surface area (Å²) < 4.78 is 13.3. The Morgan fingerprint density at radius 3 is 2.34 bits per heavy atom. The second kappa shape index (κ2) is 8.97. The highest BCUT2D eigenvalue weighted by molar-refractivity contribution is 6.33. The van der Waals surface area contributed by atoms with Crippen molar-refractivity contribution < 1.29 is 9.18 Å². The fraction of sp³-hybridized carbons (Fsp3) is 0.174. The van der Waals surface area contributed by atoms with Crippen molar-refractivity contribution in [2.75, 3.05) is 24.7 Å². The third kappa shape index (κ3) is 5.06. The van der Waals surface area contributed by atoms with Gasteiger partial charge in [-0.25, -0.2) is 4.39 Å². The maximum Gasteiger partial charge on any atom is 0.255 e. The largest absolute Gasteiger partial charge is 0.399 e. The van der Waals surface area contributed by atoms with Gasteiger partial charge >= 0.3 is 0 Å². The molecule has 0 saturated heterocycles. The third-order valence-corrected chi connectivity index (χ3v) is 4.95. The highest BCUT2D eigenvalue weighted by Gasteiger charge is 2.21. The number of anilines is 2. The number of hydrogen-bond donors (Lipinski definition) is 1. The lowest BCUT2D eigenvalue weighted by Gasteiger charge is -2.26. The van der Waals surface area contributed by atoms with Gasteiger partial charge < -0.3 is 15.5 Å². The number of benzene rings is 3. The summed E-state index contributed by atoms with van der Waals surface area (Å²) in [5, 5.41) is 0.391.